The zero-order chi connectivity index (χ0) is 24.7. The summed E-state index contributed by atoms with van der Waals surface area (Å²) >= 11 is 0. The highest BCUT2D eigenvalue weighted by Crippen LogP contribution is 2.45. The lowest BCUT2D eigenvalue weighted by atomic mass is 9.73. The van der Waals surface area contributed by atoms with E-state index in [0.717, 1.165) is 24.8 Å². The Kier molecular flexibility index (Phi) is 6.04. The SMILES string of the molecule is O=C(OCC1c2ccccc2-c2ccccc21)N1C2CCCC1CC(O)(CCc1ccc(F)cc1)C2. The van der Waals surface area contributed by atoms with Gasteiger partial charge in [0.05, 0.1) is 5.60 Å². The topological polar surface area (TPSA) is 49.8 Å². The molecule has 1 aliphatic carbocycles. The molecule has 2 atom stereocenters. The molecule has 3 aliphatic rings. The van der Waals surface area contributed by atoms with Gasteiger partial charge in [-0.05, 0) is 84.9 Å². The molecule has 1 amide bonds. The van der Waals surface area contributed by atoms with Gasteiger partial charge in [0.2, 0.25) is 0 Å². The number of amides is 1. The monoisotopic (exact) mass is 485 g/mol. The van der Waals surface area contributed by atoms with Gasteiger partial charge in [-0.3, -0.25) is 0 Å². The van der Waals surface area contributed by atoms with Crippen molar-refractivity contribution in [2.24, 2.45) is 0 Å². The van der Waals surface area contributed by atoms with Crippen molar-refractivity contribution in [2.75, 3.05) is 6.61 Å². The molecule has 1 N–H and O–H groups in total. The van der Waals surface area contributed by atoms with E-state index in [0.29, 0.717) is 32.3 Å². The molecule has 2 aliphatic heterocycles. The average Bonchev–Trinajstić information content (AvgIpc) is 3.20. The second-order valence-electron chi connectivity index (χ2n) is 10.7. The van der Waals surface area contributed by atoms with Crippen LogP contribution in [0.5, 0.6) is 0 Å². The number of ether oxygens (including phenoxy) is 1. The largest absolute Gasteiger partial charge is 0.448 e. The van der Waals surface area contributed by atoms with Crippen molar-refractivity contribution in [3.8, 4) is 11.1 Å². The van der Waals surface area contributed by atoms with Crippen LogP contribution >= 0.6 is 0 Å². The molecule has 3 aromatic carbocycles. The van der Waals surface area contributed by atoms with Crippen molar-refractivity contribution in [1.29, 1.82) is 0 Å². The maximum Gasteiger partial charge on any atom is 0.410 e. The van der Waals surface area contributed by atoms with Crippen LogP contribution in [0.4, 0.5) is 9.18 Å². The van der Waals surface area contributed by atoms with Crippen molar-refractivity contribution in [2.45, 2.75) is 68.5 Å². The molecule has 2 fully saturated rings. The van der Waals surface area contributed by atoms with Crippen molar-refractivity contribution in [3.63, 3.8) is 0 Å². The molecule has 0 saturated carbocycles. The predicted octanol–water partition coefficient (Wildman–Crippen LogP) is 6.46. The summed E-state index contributed by atoms with van der Waals surface area (Å²) < 4.78 is 19.2. The van der Waals surface area contributed by atoms with Gasteiger partial charge in [0.25, 0.3) is 0 Å². The maximum absolute atomic E-state index is 13.4. The van der Waals surface area contributed by atoms with Gasteiger partial charge in [0, 0.05) is 18.0 Å². The lowest BCUT2D eigenvalue weighted by molar-refractivity contribution is -0.0882. The Balaban J connectivity index is 1.13. The number of benzene rings is 3. The number of hydrogen-bond acceptors (Lipinski definition) is 3. The molecular weight excluding hydrogens is 453 g/mol. The van der Waals surface area contributed by atoms with Crippen LogP contribution in [0, 0.1) is 5.82 Å². The van der Waals surface area contributed by atoms with Crippen molar-refractivity contribution in [1.82, 2.24) is 4.90 Å². The third-order valence-corrected chi connectivity index (χ3v) is 8.43. The third kappa shape index (κ3) is 4.30. The molecule has 2 saturated heterocycles. The normalized spacial score (nSPS) is 24.8. The van der Waals surface area contributed by atoms with Crippen LogP contribution < -0.4 is 0 Å². The molecule has 0 radical (unpaired) electrons. The van der Waals surface area contributed by atoms with E-state index in [1.165, 1.54) is 34.4 Å². The van der Waals surface area contributed by atoms with Crippen LogP contribution in [-0.2, 0) is 11.2 Å². The minimum Gasteiger partial charge on any atom is -0.448 e. The van der Waals surface area contributed by atoms with Crippen LogP contribution in [0.1, 0.15) is 61.1 Å². The molecule has 2 unspecified atom stereocenters. The predicted molar refractivity (Wildman–Crippen MR) is 137 cm³/mol. The Morgan fingerprint density at radius 3 is 2.11 bits per heavy atom. The Labute approximate surface area is 211 Å². The Morgan fingerprint density at radius 1 is 0.917 bits per heavy atom. The summed E-state index contributed by atoms with van der Waals surface area (Å²) in [7, 11) is 0. The highest BCUT2D eigenvalue weighted by Gasteiger charge is 2.47. The first-order valence-corrected chi connectivity index (χ1v) is 13.1. The molecule has 186 valence electrons. The molecule has 36 heavy (non-hydrogen) atoms. The molecule has 0 spiro atoms. The fourth-order valence-corrected chi connectivity index (χ4v) is 6.73. The fraction of sp³-hybridized carbons (Fsp3) is 0.387. The number of carbonyl (C=O) groups is 1. The minimum absolute atomic E-state index is 0.00799. The van der Waals surface area contributed by atoms with E-state index in [1.807, 2.05) is 17.0 Å². The first kappa shape index (κ1) is 23.2. The smallest absolute Gasteiger partial charge is 0.410 e. The van der Waals surface area contributed by atoms with Gasteiger partial charge in [-0.2, -0.15) is 0 Å². The standard InChI is InChI=1S/C31H32FNO3/c32-22-14-12-21(13-15-22)16-17-31(35)18-23-6-5-7-24(19-31)33(23)30(34)36-20-29-27-10-3-1-8-25(27)26-9-2-4-11-28(26)29/h1-4,8-15,23-24,29,35H,5-7,16-20H2. The number of nitrogens with zero attached hydrogens (tertiary/aromatic N) is 1. The summed E-state index contributed by atoms with van der Waals surface area (Å²) in [5.41, 5.74) is 5.06. The van der Waals surface area contributed by atoms with E-state index in [1.54, 1.807) is 12.1 Å². The Hall–Kier alpha value is -3.18. The van der Waals surface area contributed by atoms with Crippen LogP contribution in [0.2, 0.25) is 0 Å². The van der Waals surface area contributed by atoms with Gasteiger partial charge in [0.1, 0.15) is 12.4 Å². The van der Waals surface area contributed by atoms with E-state index >= 15 is 0 Å². The molecule has 2 heterocycles. The molecule has 3 aromatic rings. The second kappa shape index (κ2) is 9.36. The van der Waals surface area contributed by atoms with Crippen molar-refractivity contribution < 1.29 is 19.0 Å². The third-order valence-electron chi connectivity index (χ3n) is 8.43. The number of fused-ring (bicyclic) bond motifs is 5. The number of halogens is 1. The van der Waals surface area contributed by atoms with Gasteiger partial charge in [-0.15, -0.1) is 0 Å². The highest BCUT2D eigenvalue weighted by molar-refractivity contribution is 5.79. The zero-order valence-corrected chi connectivity index (χ0v) is 20.4. The summed E-state index contributed by atoms with van der Waals surface area (Å²) in [5, 5.41) is 11.5. The summed E-state index contributed by atoms with van der Waals surface area (Å²) in [5.74, 6) is -0.206. The molecule has 6 rings (SSSR count). The fourth-order valence-electron chi connectivity index (χ4n) is 6.73. The number of rotatable bonds is 5. The van der Waals surface area contributed by atoms with E-state index in [2.05, 4.69) is 36.4 Å². The number of hydrogen-bond donors (Lipinski definition) is 1. The Morgan fingerprint density at radius 2 is 1.50 bits per heavy atom. The van der Waals surface area contributed by atoms with Gasteiger partial charge in [0.15, 0.2) is 0 Å². The van der Waals surface area contributed by atoms with Crippen molar-refractivity contribution >= 4 is 6.09 Å². The van der Waals surface area contributed by atoms with E-state index < -0.39 is 5.60 Å². The lowest BCUT2D eigenvalue weighted by Gasteiger charge is -2.51. The molecule has 2 bridgehead atoms. The second-order valence-corrected chi connectivity index (χ2v) is 10.7. The molecular formula is C31H32FNO3. The number of aryl methyl sites for hydroxylation is 1. The number of aliphatic hydroxyl groups is 1. The van der Waals surface area contributed by atoms with Crippen LogP contribution in [0.15, 0.2) is 72.8 Å². The van der Waals surface area contributed by atoms with Gasteiger partial charge in [-0.25, -0.2) is 9.18 Å². The first-order valence-electron chi connectivity index (χ1n) is 13.1. The first-order chi connectivity index (χ1) is 17.5. The lowest BCUT2D eigenvalue weighted by Crippen LogP contribution is -2.60. The highest BCUT2D eigenvalue weighted by atomic mass is 19.1. The molecule has 0 aromatic heterocycles. The van der Waals surface area contributed by atoms with Crippen LogP contribution in [-0.4, -0.2) is 40.4 Å². The summed E-state index contributed by atoms with van der Waals surface area (Å²) in [6, 6.07) is 23.2. The average molecular weight is 486 g/mol. The molecule has 4 nitrogen and oxygen atoms in total. The summed E-state index contributed by atoms with van der Waals surface area (Å²) in [6.07, 6.45) is 5.03. The van der Waals surface area contributed by atoms with Crippen molar-refractivity contribution in [3.05, 3.63) is 95.3 Å². The minimum atomic E-state index is -0.815. The summed E-state index contributed by atoms with van der Waals surface area (Å²) in [6.45, 7) is 0.317. The summed E-state index contributed by atoms with van der Waals surface area (Å²) in [4.78, 5) is 15.3. The van der Waals surface area contributed by atoms with Crippen LogP contribution in [0.3, 0.4) is 0 Å². The van der Waals surface area contributed by atoms with Gasteiger partial charge < -0.3 is 14.7 Å². The van der Waals surface area contributed by atoms with E-state index in [-0.39, 0.29) is 29.9 Å². The van der Waals surface area contributed by atoms with Gasteiger partial charge in [-0.1, -0.05) is 60.7 Å². The zero-order valence-electron chi connectivity index (χ0n) is 20.4. The van der Waals surface area contributed by atoms with E-state index in [4.69, 9.17) is 4.74 Å². The maximum atomic E-state index is 13.4. The quantitative estimate of drug-likeness (QED) is 0.452. The van der Waals surface area contributed by atoms with Gasteiger partial charge >= 0.3 is 6.09 Å². The number of carbonyl (C=O) groups excluding carboxylic acids is 1. The Bertz CT molecular complexity index is 1200. The van der Waals surface area contributed by atoms with E-state index in [9.17, 15) is 14.3 Å². The molecule has 5 heteroatoms. The number of piperidine rings is 2. The van der Waals surface area contributed by atoms with Crippen LogP contribution in [0.25, 0.3) is 11.1 Å².